The fraction of sp³-hybridized carbons (Fsp3) is 0.158. The maximum atomic E-state index is 12.4. The van der Waals surface area contributed by atoms with E-state index >= 15 is 0 Å². The predicted molar refractivity (Wildman–Crippen MR) is 109 cm³/mol. The molecule has 2 aromatic carbocycles. The summed E-state index contributed by atoms with van der Waals surface area (Å²) in [6.07, 6.45) is 0.769. The van der Waals surface area contributed by atoms with Crippen molar-refractivity contribution in [2.24, 2.45) is 0 Å². The first kappa shape index (κ1) is 18.4. The van der Waals surface area contributed by atoms with Crippen molar-refractivity contribution in [3.63, 3.8) is 0 Å². The van der Waals surface area contributed by atoms with E-state index in [1.807, 2.05) is 31.2 Å². The number of anilines is 1. The van der Waals surface area contributed by atoms with Gasteiger partial charge in [-0.15, -0.1) is 10.2 Å². The van der Waals surface area contributed by atoms with E-state index in [1.54, 1.807) is 22.7 Å². The largest absolute Gasteiger partial charge is 0.495 e. The van der Waals surface area contributed by atoms with Crippen molar-refractivity contribution < 1.29 is 9.53 Å². The lowest BCUT2D eigenvalue weighted by Crippen LogP contribution is -2.11. The molecule has 1 amide bonds. The average molecular weight is 414 g/mol. The third kappa shape index (κ3) is 3.44. The predicted octanol–water partition coefficient (Wildman–Crippen LogP) is 4.33. The average Bonchev–Trinajstić information content (AvgIpc) is 3.29. The molecule has 7 nitrogen and oxygen atoms in total. The summed E-state index contributed by atoms with van der Waals surface area (Å²) in [6, 6.07) is 12.4. The van der Waals surface area contributed by atoms with Crippen LogP contribution in [0, 0.1) is 0 Å². The normalized spacial score (nSPS) is 11.0. The highest BCUT2D eigenvalue weighted by Crippen LogP contribution is 2.28. The fourth-order valence-corrected chi connectivity index (χ4v) is 3.82. The van der Waals surface area contributed by atoms with Crippen LogP contribution in [0.3, 0.4) is 0 Å². The summed E-state index contributed by atoms with van der Waals surface area (Å²) in [5.41, 5.74) is 2.08. The number of hydrogen-bond donors (Lipinski definition) is 1. The minimum atomic E-state index is -0.247. The van der Waals surface area contributed by atoms with Gasteiger partial charge in [0.25, 0.3) is 5.91 Å². The Kier molecular flexibility index (Phi) is 4.97. The molecule has 0 aliphatic carbocycles. The Hall–Kier alpha value is -2.97. The van der Waals surface area contributed by atoms with E-state index in [0.717, 1.165) is 27.8 Å². The zero-order valence-electron chi connectivity index (χ0n) is 15.1. The molecule has 142 valence electrons. The standard InChI is InChI=1S/C19H16ClN5O2S/c1-3-16-22-23-19-25(16)24-18(28-19)11-4-7-13(8-5-11)21-17(26)12-6-9-15(27-2)14(20)10-12/h4-10H,3H2,1-2H3,(H,21,26). The van der Waals surface area contributed by atoms with Crippen molar-refractivity contribution in [3.8, 4) is 16.3 Å². The Morgan fingerprint density at radius 3 is 2.68 bits per heavy atom. The monoisotopic (exact) mass is 413 g/mol. The molecule has 0 saturated carbocycles. The highest BCUT2D eigenvalue weighted by Gasteiger charge is 2.13. The topological polar surface area (TPSA) is 81.4 Å². The second kappa shape index (κ2) is 7.57. The summed E-state index contributed by atoms with van der Waals surface area (Å²) < 4.78 is 6.87. The molecule has 0 aliphatic heterocycles. The van der Waals surface area contributed by atoms with Gasteiger partial charge in [-0.25, -0.2) is 0 Å². The summed E-state index contributed by atoms with van der Waals surface area (Å²) in [7, 11) is 1.53. The zero-order valence-corrected chi connectivity index (χ0v) is 16.7. The highest BCUT2D eigenvalue weighted by molar-refractivity contribution is 7.19. The van der Waals surface area contributed by atoms with E-state index in [-0.39, 0.29) is 5.91 Å². The van der Waals surface area contributed by atoms with Crippen molar-refractivity contribution in [1.82, 2.24) is 19.8 Å². The molecule has 28 heavy (non-hydrogen) atoms. The summed E-state index contributed by atoms with van der Waals surface area (Å²) >= 11 is 7.56. The highest BCUT2D eigenvalue weighted by atomic mass is 35.5. The maximum absolute atomic E-state index is 12.4. The number of halogens is 1. The third-order valence-corrected chi connectivity index (χ3v) is 5.42. The van der Waals surface area contributed by atoms with Gasteiger partial charge in [0.15, 0.2) is 5.82 Å². The van der Waals surface area contributed by atoms with Crippen LogP contribution >= 0.6 is 22.9 Å². The number of methoxy groups -OCH3 is 1. The van der Waals surface area contributed by atoms with Crippen molar-refractivity contribution in [3.05, 3.63) is 58.9 Å². The van der Waals surface area contributed by atoms with E-state index in [2.05, 4.69) is 20.6 Å². The number of carbonyl (C=O) groups is 1. The number of benzene rings is 2. The van der Waals surface area contributed by atoms with Crippen molar-refractivity contribution in [2.75, 3.05) is 12.4 Å². The molecule has 0 atom stereocenters. The molecule has 0 unspecified atom stereocenters. The number of carbonyl (C=O) groups excluding carboxylic acids is 1. The molecule has 1 N–H and O–H groups in total. The van der Waals surface area contributed by atoms with Gasteiger partial charge in [-0.2, -0.15) is 9.61 Å². The molecule has 9 heteroatoms. The van der Waals surface area contributed by atoms with Gasteiger partial charge in [0.2, 0.25) is 4.96 Å². The number of nitrogens with zero attached hydrogens (tertiary/aromatic N) is 4. The van der Waals surface area contributed by atoms with Crippen LogP contribution in [0.15, 0.2) is 42.5 Å². The number of ether oxygens (including phenoxy) is 1. The van der Waals surface area contributed by atoms with E-state index < -0.39 is 0 Å². The third-order valence-electron chi connectivity index (χ3n) is 4.18. The van der Waals surface area contributed by atoms with Crippen LogP contribution in [0.4, 0.5) is 5.69 Å². The molecule has 2 heterocycles. The van der Waals surface area contributed by atoms with E-state index in [1.165, 1.54) is 18.4 Å². The number of fused-ring (bicyclic) bond motifs is 1. The first-order valence-corrected chi connectivity index (χ1v) is 9.75. The Morgan fingerprint density at radius 2 is 2.00 bits per heavy atom. The summed E-state index contributed by atoms with van der Waals surface area (Å²) in [5, 5.41) is 16.9. The van der Waals surface area contributed by atoms with Crippen molar-refractivity contribution in [2.45, 2.75) is 13.3 Å². The molecule has 0 saturated heterocycles. The van der Waals surface area contributed by atoms with Gasteiger partial charge in [-0.05, 0) is 42.5 Å². The molecule has 0 spiro atoms. The minimum Gasteiger partial charge on any atom is -0.495 e. The molecule has 4 aromatic rings. The van der Waals surface area contributed by atoms with Crippen molar-refractivity contribution in [1.29, 1.82) is 0 Å². The van der Waals surface area contributed by atoms with Crippen LogP contribution < -0.4 is 10.1 Å². The maximum Gasteiger partial charge on any atom is 0.255 e. The second-order valence-electron chi connectivity index (χ2n) is 5.95. The van der Waals surface area contributed by atoms with Gasteiger partial charge in [-0.1, -0.05) is 29.9 Å². The molecule has 0 radical (unpaired) electrons. The Bertz CT molecular complexity index is 1150. The van der Waals surface area contributed by atoms with Gasteiger partial charge in [0.05, 0.1) is 12.1 Å². The van der Waals surface area contributed by atoms with E-state index in [4.69, 9.17) is 16.3 Å². The first-order valence-electron chi connectivity index (χ1n) is 8.55. The fourth-order valence-electron chi connectivity index (χ4n) is 2.70. The van der Waals surface area contributed by atoms with Crippen molar-refractivity contribution >= 4 is 39.5 Å². The second-order valence-corrected chi connectivity index (χ2v) is 7.32. The van der Waals surface area contributed by atoms with Crippen LogP contribution in [-0.4, -0.2) is 32.8 Å². The minimum absolute atomic E-state index is 0.247. The summed E-state index contributed by atoms with van der Waals surface area (Å²) in [4.78, 5) is 13.2. The van der Waals surface area contributed by atoms with E-state index in [0.29, 0.717) is 22.0 Å². The lowest BCUT2D eigenvalue weighted by atomic mass is 10.2. The number of aryl methyl sites for hydroxylation is 1. The Balaban J connectivity index is 1.51. The number of nitrogens with one attached hydrogen (secondary N) is 1. The van der Waals surface area contributed by atoms with Gasteiger partial charge in [-0.3, -0.25) is 4.79 Å². The SMILES string of the molecule is CCc1nnc2sc(-c3ccc(NC(=O)c4ccc(OC)c(Cl)c4)cc3)nn12. The molecular weight excluding hydrogens is 398 g/mol. The molecular formula is C19H16ClN5O2S. The summed E-state index contributed by atoms with van der Waals surface area (Å²) in [5.74, 6) is 1.11. The molecule has 0 aliphatic rings. The Labute approximate surface area is 169 Å². The smallest absolute Gasteiger partial charge is 0.255 e. The van der Waals surface area contributed by atoms with E-state index in [9.17, 15) is 4.79 Å². The first-order chi connectivity index (χ1) is 13.6. The number of hydrogen-bond acceptors (Lipinski definition) is 6. The summed E-state index contributed by atoms with van der Waals surface area (Å²) in [6.45, 7) is 2.02. The van der Waals surface area contributed by atoms with Crippen LogP contribution in [0.25, 0.3) is 15.5 Å². The quantitative estimate of drug-likeness (QED) is 0.526. The molecule has 0 fully saturated rings. The molecule has 0 bridgehead atoms. The lowest BCUT2D eigenvalue weighted by molar-refractivity contribution is 0.102. The van der Waals surface area contributed by atoms with Gasteiger partial charge in [0, 0.05) is 23.2 Å². The lowest BCUT2D eigenvalue weighted by Gasteiger charge is -2.08. The Morgan fingerprint density at radius 1 is 1.21 bits per heavy atom. The van der Waals surface area contributed by atoms with Gasteiger partial charge < -0.3 is 10.1 Å². The van der Waals surface area contributed by atoms with Gasteiger partial charge in [0.1, 0.15) is 10.8 Å². The zero-order chi connectivity index (χ0) is 19.7. The molecule has 2 aromatic heterocycles. The number of amides is 1. The van der Waals surface area contributed by atoms with Gasteiger partial charge >= 0.3 is 0 Å². The van der Waals surface area contributed by atoms with Crippen LogP contribution in [-0.2, 0) is 6.42 Å². The van der Waals surface area contributed by atoms with Crippen LogP contribution in [0.1, 0.15) is 23.1 Å². The molecule has 4 rings (SSSR count). The van der Waals surface area contributed by atoms with Crippen LogP contribution in [0.5, 0.6) is 5.75 Å². The number of rotatable bonds is 5. The number of aromatic nitrogens is 4. The van der Waals surface area contributed by atoms with Crippen LogP contribution in [0.2, 0.25) is 5.02 Å².